The zero-order valence-corrected chi connectivity index (χ0v) is 15.5. The molecule has 0 fully saturated rings. The molecule has 0 aromatic carbocycles. The number of nitrogens with one attached hydrogen (secondary N) is 2. The summed E-state index contributed by atoms with van der Waals surface area (Å²) in [6.45, 7) is 11.2. The highest BCUT2D eigenvalue weighted by Gasteiger charge is 2.07. The summed E-state index contributed by atoms with van der Waals surface area (Å²) in [4.78, 5) is 45.4. The highest BCUT2D eigenvalue weighted by Crippen LogP contribution is 1.95. The van der Waals surface area contributed by atoms with Crippen molar-refractivity contribution >= 4 is 23.8 Å². The van der Waals surface area contributed by atoms with Crippen LogP contribution in [0.2, 0.25) is 0 Å². The van der Waals surface area contributed by atoms with Crippen molar-refractivity contribution in [2.75, 3.05) is 26.3 Å². The van der Waals surface area contributed by atoms with Crippen LogP contribution >= 0.6 is 0 Å². The van der Waals surface area contributed by atoms with Gasteiger partial charge in [0.15, 0.2) is 0 Å². The molecule has 0 aliphatic rings. The maximum atomic E-state index is 11.6. The van der Waals surface area contributed by atoms with E-state index in [4.69, 9.17) is 9.47 Å². The lowest BCUT2D eigenvalue weighted by Gasteiger charge is -2.07. The van der Waals surface area contributed by atoms with E-state index in [1.165, 1.54) is 0 Å². The predicted octanol–water partition coefficient (Wildman–Crippen LogP) is 1.02. The summed E-state index contributed by atoms with van der Waals surface area (Å²) in [6, 6.07) is 0. The standard InChI is InChI=1S/C18H28N2O6/c1-13(2)17(23)25-11-5-9-19-15(21)7-8-16(22)20-10-6-12-26-18(24)14(3)4/h1,3,5-12H2,2,4H3,(H,19,21)(H,20,22). The van der Waals surface area contributed by atoms with Gasteiger partial charge in [-0.25, -0.2) is 9.59 Å². The maximum Gasteiger partial charge on any atom is 0.333 e. The SMILES string of the molecule is C=C(C)C(=O)OCCCNC(=O)CCC(=O)NCCCOC(=O)C(=C)C. The molecule has 0 saturated heterocycles. The molecule has 2 amide bonds. The van der Waals surface area contributed by atoms with Gasteiger partial charge in [0.1, 0.15) is 0 Å². The molecular formula is C18H28N2O6. The zero-order chi connectivity index (χ0) is 19.9. The minimum absolute atomic E-state index is 0.0715. The molecule has 0 bridgehead atoms. The van der Waals surface area contributed by atoms with Gasteiger partial charge >= 0.3 is 11.9 Å². The molecule has 0 aromatic heterocycles. The summed E-state index contributed by atoms with van der Waals surface area (Å²) in [7, 11) is 0. The van der Waals surface area contributed by atoms with Gasteiger partial charge in [-0.05, 0) is 26.7 Å². The third kappa shape index (κ3) is 12.7. The number of carbonyl (C=O) groups is 4. The number of carbonyl (C=O) groups excluding carboxylic acids is 4. The van der Waals surface area contributed by atoms with Crippen molar-refractivity contribution in [3.05, 3.63) is 24.3 Å². The number of amides is 2. The average Bonchev–Trinajstić information content (AvgIpc) is 2.58. The zero-order valence-electron chi connectivity index (χ0n) is 15.5. The first-order chi connectivity index (χ1) is 12.2. The van der Waals surface area contributed by atoms with Gasteiger partial charge in [-0.2, -0.15) is 0 Å². The fourth-order valence-corrected chi connectivity index (χ4v) is 1.58. The van der Waals surface area contributed by atoms with Gasteiger partial charge in [0.2, 0.25) is 11.8 Å². The molecule has 0 heterocycles. The van der Waals surface area contributed by atoms with Crippen LogP contribution in [0.25, 0.3) is 0 Å². The van der Waals surface area contributed by atoms with Crippen molar-refractivity contribution < 1.29 is 28.7 Å². The van der Waals surface area contributed by atoms with Crippen molar-refractivity contribution in [3.63, 3.8) is 0 Å². The van der Waals surface area contributed by atoms with E-state index in [1.54, 1.807) is 13.8 Å². The van der Waals surface area contributed by atoms with Gasteiger partial charge in [0.25, 0.3) is 0 Å². The summed E-state index contributed by atoms with van der Waals surface area (Å²) in [6.07, 6.45) is 1.11. The Kier molecular flexibility index (Phi) is 12.2. The maximum absolute atomic E-state index is 11.6. The highest BCUT2D eigenvalue weighted by molar-refractivity contribution is 5.87. The van der Waals surface area contributed by atoms with Crippen LogP contribution in [0, 0.1) is 0 Å². The van der Waals surface area contributed by atoms with E-state index in [9.17, 15) is 19.2 Å². The summed E-state index contributed by atoms with van der Waals surface area (Å²) >= 11 is 0. The van der Waals surface area contributed by atoms with Crippen LogP contribution in [-0.2, 0) is 28.7 Å². The summed E-state index contributed by atoms with van der Waals surface area (Å²) in [5.74, 6) is -1.41. The van der Waals surface area contributed by atoms with Crippen LogP contribution in [0.1, 0.15) is 39.5 Å². The largest absolute Gasteiger partial charge is 0.462 e. The van der Waals surface area contributed by atoms with Crippen molar-refractivity contribution in [2.24, 2.45) is 0 Å². The van der Waals surface area contributed by atoms with Crippen LogP contribution in [0.5, 0.6) is 0 Å². The summed E-state index contributed by atoms with van der Waals surface area (Å²) in [5.41, 5.74) is 0.656. The van der Waals surface area contributed by atoms with Gasteiger partial charge in [0.05, 0.1) is 13.2 Å². The minimum Gasteiger partial charge on any atom is -0.462 e. The Labute approximate surface area is 154 Å². The molecule has 8 heteroatoms. The molecule has 0 saturated carbocycles. The molecule has 0 atom stereocenters. The number of ether oxygens (including phenoxy) is 2. The number of hydrogen-bond acceptors (Lipinski definition) is 6. The first-order valence-corrected chi connectivity index (χ1v) is 8.42. The fraction of sp³-hybridized carbons (Fsp3) is 0.556. The molecule has 146 valence electrons. The smallest absolute Gasteiger partial charge is 0.333 e. The Morgan fingerprint density at radius 2 is 1.08 bits per heavy atom. The molecule has 0 radical (unpaired) electrons. The summed E-state index contributed by atoms with van der Waals surface area (Å²) in [5, 5.41) is 5.28. The second-order valence-electron chi connectivity index (χ2n) is 5.74. The Morgan fingerprint density at radius 1 is 0.731 bits per heavy atom. The van der Waals surface area contributed by atoms with Crippen LogP contribution in [0.3, 0.4) is 0 Å². The molecule has 26 heavy (non-hydrogen) atoms. The van der Waals surface area contributed by atoms with Crippen LogP contribution in [0.15, 0.2) is 24.3 Å². The molecule has 0 unspecified atom stereocenters. The van der Waals surface area contributed by atoms with Gasteiger partial charge in [-0.3, -0.25) is 9.59 Å². The fourth-order valence-electron chi connectivity index (χ4n) is 1.58. The highest BCUT2D eigenvalue weighted by atomic mass is 16.5. The lowest BCUT2D eigenvalue weighted by molar-refractivity contribution is -0.140. The second kappa shape index (κ2) is 13.6. The van der Waals surface area contributed by atoms with E-state index in [0.717, 1.165) is 0 Å². The molecular weight excluding hydrogens is 340 g/mol. The van der Waals surface area contributed by atoms with Gasteiger partial charge in [-0.1, -0.05) is 13.2 Å². The quantitative estimate of drug-likeness (QED) is 0.285. The van der Waals surface area contributed by atoms with Gasteiger partial charge < -0.3 is 20.1 Å². The molecule has 0 aromatic rings. The Morgan fingerprint density at radius 3 is 1.38 bits per heavy atom. The molecule has 2 N–H and O–H groups in total. The normalized spacial score (nSPS) is 9.77. The van der Waals surface area contributed by atoms with Crippen molar-refractivity contribution in [1.82, 2.24) is 10.6 Å². The molecule has 0 aliphatic heterocycles. The molecule has 0 rings (SSSR count). The minimum atomic E-state index is -0.456. The van der Waals surface area contributed by atoms with E-state index >= 15 is 0 Å². The summed E-state index contributed by atoms with van der Waals surface area (Å²) < 4.78 is 9.77. The van der Waals surface area contributed by atoms with E-state index in [1.807, 2.05) is 0 Å². The van der Waals surface area contributed by atoms with Gasteiger partial charge in [0, 0.05) is 37.1 Å². The van der Waals surface area contributed by atoms with Crippen molar-refractivity contribution in [3.8, 4) is 0 Å². The van der Waals surface area contributed by atoms with E-state index in [0.29, 0.717) is 37.1 Å². The second-order valence-corrected chi connectivity index (χ2v) is 5.74. The topological polar surface area (TPSA) is 111 Å². The lowest BCUT2D eigenvalue weighted by Crippen LogP contribution is -2.29. The molecule has 8 nitrogen and oxygen atoms in total. The Balaban J connectivity index is 3.60. The van der Waals surface area contributed by atoms with Gasteiger partial charge in [-0.15, -0.1) is 0 Å². The van der Waals surface area contributed by atoms with Crippen molar-refractivity contribution in [2.45, 2.75) is 39.5 Å². The molecule has 0 aliphatic carbocycles. The monoisotopic (exact) mass is 368 g/mol. The number of hydrogen-bond donors (Lipinski definition) is 2. The van der Waals surface area contributed by atoms with E-state index < -0.39 is 11.9 Å². The first-order valence-electron chi connectivity index (χ1n) is 8.42. The predicted molar refractivity (Wildman–Crippen MR) is 96.0 cm³/mol. The van der Waals surface area contributed by atoms with E-state index in [-0.39, 0.29) is 37.9 Å². The van der Waals surface area contributed by atoms with Crippen LogP contribution in [-0.4, -0.2) is 50.1 Å². The third-order valence-electron chi connectivity index (χ3n) is 3.03. The Hall–Kier alpha value is -2.64. The Bertz CT molecular complexity index is 494. The number of rotatable bonds is 13. The average molecular weight is 368 g/mol. The third-order valence-corrected chi connectivity index (χ3v) is 3.03. The first kappa shape index (κ1) is 23.4. The van der Waals surface area contributed by atoms with Crippen LogP contribution < -0.4 is 10.6 Å². The molecule has 0 spiro atoms. The van der Waals surface area contributed by atoms with Crippen LogP contribution in [0.4, 0.5) is 0 Å². The number of esters is 2. The van der Waals surface area contributed by atoms with E-state index in [2.05, 4.69) is 23.8 Å². The van der Waals surface area contributed by atoms with Crippen molar-refractivity contribution in [1.29, 1.82) is 0 Å². The lowest BCUT2D eigenvalue weighted by atomic mass is 10.2.